The van der Waals surface area contributed by atoms with Crippen LogP contribution in [0.4, 0.5) is 0 Å². The molecule has 2 aromatic rings. The number of rotatable bonds is 5. The minimum absolute atomic E-state index is 0.314. The van der Waals surface area contributed by atoms with Crippen LogP contribution >= 0.6 is 0 Å². The maximum Gasteiger partial charge on any atom is 0.342 e. The van der Waals surface area contributed by atoms with Gasteiger partial charge >= 0.3 is 6.01 Å². The zero-order valence-electron chi connectivity index (χ0n) is 10.2. The second kappa shape index (κ2) is 4.73. The molecule has 1 aliphatic carbocycles. The number of aromatic nitrogens is 4. The fourth-order valence-electron chi connectivity index (χ4n) is 1.59. The zero-order chi connectivity index (χ0) is 12.4. The van der Waals surface area contributed by atoms with Crippen molar-refractivity contribution < 1.29 is 4.74 Å². The van der Waals surface area contributed by atoms with Crippen molar-refractivity contribution in [1.29, 1.82) is 0 Å². The van der Waals surface area contributed by atoms with Crippen molar-refractivity contribution >= 4 is 0 Å². The largest absolute Gasteiger partial charge is 0.404 e. The van der Waals surface area contributed by atoms with Crippen molar-refractivity contribution in [3.05, 3.63) is 30.2 Å². The quantitative estimate of drug-likeness (QED) is 0.859. The molecule has 1 aliphatic rings. The molecule has 1 saturated carbocycles. The molecular weight excluding hydrogens is 230 g/mol. The Morgan fingerprint density at radius 1 is 1.39 bits per heavy atom. The minimum atomic E-state index is 0.314. The van der Waals surface area contributed by atoms with Crippen LogP contribution in [0.1, 0.15) is 18.4 Å². The Morgan fingerprint density at radius 2 is 2.28 bits per heavy atom. The normalized spacial score (nSPS) is 14.7. The monoisotopic (exact) mass is 245 g/mol. The Kier molecular flexibility index (Phi) is 2.93. The lowest BCUT2D eigenvalue weighted by Gasteiger charge is -2.03. The highest BCUT2D eigenvalue weighted by Gasteiger charge is 2.19. The van der Waals surface area contributed by atoms with Crippen molar-refractivity contribution in [2.45, 2.75) is 25.4 Å². The van der Waals surface area contributed by atoms with Gasteiger partial charge in [0.2, 0.25) is 5.88 Å². The number of pyridine rings is 1. The average molecular weight is 245 g/mol. The number of hydrogen-bond acceptors (Lipinski definition) is 5. The molecule has 3 rings (SSSR count). The highest BCUT2D eigenvalue weighted by atomic mass is 16.5. The van der Waals surface area contributed by atoms with Gasteiger partial charge in [-0.1, -0.05) is 6.07 Å². The van der Waals surface area contributed by atoms with E-state index < -0.39 is 0 Å². The topological polar surface area (TPSA) is 64.9 Å². The fraction of sp³-hybridized carbons (Fsp3) is 0.417. The van der Waals surface area contributed by atoms with E-state index in [0.29, 0.717) is 17.9 Å². The lowest BCUT2D eigenvalue weighted by atomic mass is 10.3. The molecule has 18 heavy (non-hydrogen) atoms. The third-order valence-electron chi connectivity index (χ3n) is 2.74. The molecule has 0 aliphatic heterocycles. The average Bonchev–Trinajstić information content (AvgIpc) is 3.12. The first-order valence-electron chi connectivity index (χ1n) is 6.01. The van der Waals surface area contributed by atoms with Gasteiger partial charge in [-0.05, 0) is 18.4 Å². The van der Waals surface area contributed by atoms with Gasteiger partial charge in [0.25, 0.3) is 0 Å². The summed E-state index contributed by atoms with van der Waals surface area (Å²) >= 11 is 0. The van der Waals surface area contributed by atoms with E-state index in [1.165, 1.54) is 12.8 Å². The van der Waals surface area contributed by atoms with Crippen LogP contribution in [0.2, 0.25) is 0 Å². The molecule has 2 aromatic heterocycles. The number of aryl methyl sites for hydroxylation is 1. The first kappa shape index (κ1) is 11.2. The highest BCUT2D eigenvalue weighted by Crippen LogP contribution is 2.19. The molecular formula is C12H15N5O. The summed E-state index contributed by atoms with van der Waals surface area (Å²) in [5.41, 5.74) is 1.16. The van der Waals surface area contributed by atoms with E-state index in [9.17, 15) is 0 Å². The summed E-state index contributed by atoms with van der Waals surface area (Å²) in [5.74, 6) is 0.511. The highest BCUT2D eigenvalue weighted by molar-refractivity contribution is 5.20. The van der Waals surface area contributed by atoms with Gasteiger partial charge in [0, 0.05) is 31.9 Å². The van der Waals surface area contributed by atoms with E-state index in [1.54, 1.807) is 18.1 Å². The third kappa shape index (κ3) is 2.84. The Morgan fingerprint density at radius 3 is 2.89 bits per heavy atom. The smallest absolute Gasteiger partial charge is 0.342 e. The zero-order valence-corrected chi connectivity index (χ0v) is 10.2. The van der Waals surface area contributed by atoms with Gasteiger partial charge in [-0.15, -0.1) is 5.10 Å². The van der Waals surface area contributed by atoms with E-state index in [0.717, 1.165) is 12.1 Å². The predicted molar refractivity (Wildman–Crippen MR) is 65.2 cm³/mol. The van der Waals surface area contributed by atoms with Crippen LogP contribution in [0.15, 0.2) is 24.7 Å². The predicted octanol–water partition coefficient (Wildman–Crippen LogP) is 1.25. The summed E-state index contributed by atoms with van der Waals surface area (Å²) in [6.45, 7) is 0.861. The second-order valence-electron chi connectivity index (χ2n) is 4.46. The summed E-state index contributed by atoms with van der Waals surface area (Å²) in [5, 5.41) is 7.46. The molecule has 0 radical (unpaired) electrons. The van der Waals surface area contributed by atoms with Crippen LogP contribution in [-0.2, 0) is 13.6 Å². The summed E-state index contributed by atoms with van der Waals surface area (Å²) in [6, 6.07) is 4.86. The van der Waals surface area contributed by atoms with Crippen LogP contribution in [0.3, 0.4) is 0 Å². The van der Waals surface area contributed by atoms with E-state index >= 15 is 0 Å². The molecule has 94 valence electrons. The van der Waals surface area contributed by atoms with E-state index in [2.05, 4.69) is 20.4 Å². The third-order valence-corrected chi connectivity index (χ3v) is 2.74. The number of nitrogens with one attached hydrogen (secondary N) is 1. The minimum Gasteiger partial charge on any atom is -0.404 e. The lowest BCUT2D eigenvalue weighted by Crippen LogP contribution is -2.15. The van der Waals surface area contributed by atoms with Crippen LogP contribution in [0, 0.1) is 0 Å². The molecule has 1 N–H and O–H groups in total. The fourth-order valence-corrected chi connectivity index (χ4v) is 1.59. The molecule has 2 heterocycles. The van der Waals surface area contributed by atoms with Gasteiger partial charge < -0.3 is 10.1 Å². The standard InChI is InChI=1S/C12H15N5O/c1-17-8-15-12(16-17)18-11-5-2-9(7-14-11)6-13-10-3-4-10/h2,5,7-8,10,13H,3-4,6H2,1H3. The maximum absolute atomic E-state index is 5.42. The molecule has 6 heteroatoms. The summed E-state index contributed by atoms with van der Waals surface area (Å²) in [7, 11) is 1.79. The Bertz CT molecular complexity index is 518. The molecule has 0 atom stereocenters. The van der Waals surface area contributed by atoms with Gasteiger partial charge in [-0.3, -0.25) is 4.68 Å². The van der Waals surface area contributed by atoms with Gasteiger partial charge in [-0.2, -0.15) is 4.98 Å². The second-order valence-corrected chi connectivity index (χ2v) is 4.46. The van der Waals surface area contributed by atoms with Crippen LogP contribution in [0.25, 0.3) is 0 Å². The molecule has 0 spiro atoms. The Hall–Kier alpha value is -1.95. The molecule has 0 saturated heterocycles. The molecule has 0 aromatic carbocycles. The van der Waals surface area contributed by atoms with E-state index in [-0.39, 0.29) is 0 Å². The first-order chi connectivity index (χ1) is 8.79. The van der Waals surface area contributed by atoms with Gasteiger partial charge in [0.15, 0.2) is 0 Å². The van der Waals surface area contributed by atoms with Crippen molar-refractivity contribution in [2.24, 2.45) is 7.05 Å². The van der Waals surface area contributed by atoms with E-state index in [4.69, 9.17) is 4.74 Å². The summed E-state index contributed by atoms with van der Waals surface area (Å²) in [6.07, 6.45) is 5.98. The van der Waals surface area contributed by atoms with Crippen molar-refractivity contribution in [3.63, 3.8) is 0 Å². The van der Waals surface area contributed by atoms with Gasteiger partial charge in [0.05, 0.1) is 0 Å². The number of ether oxygens (including phenoxy) is 1. The van der Waals surface area contributed by atoms with Crippen molar-refractivity contribution in [1.82, 2.24) is 25.1 Å². The van der Waals surface area contributed by atoms with Crippen LogP contribution < -0.4 is 10.1 Å². The number of nitrogens with zero attached hydrogens (tertiary/aromatic N) is 4. The Labute approximate surface area is 105 Å². The van der Waals surface area contributed by atoms with Crippen LogP contribution in [-0.4, -0.2) is 25.8 Å². The van der Waals surface area contributed by atoms with Crippen molar-refractivity contribution in [3.8, 4) is 11.9 Å². The van der Waals surface area contributed by atoms with E-state index in [1.807, 2.05) is 18.3 Å². The lowest BCUT2D eigenvalue weighted by molar-refractivity contribution is 0.422. The molecule has 0 bridgehead atoms. The SMILES string of the molecule is Cn1cnc(Oc2ccc(CNC3CC3)cn2)n1. The number of hydrogen-bond donors (Lipinski definition) is 1. The molecule has 0 amide bonds. The van der Waals surface area contributed by atoms with Crippen LogP contribution in [0.5, 0.6) is 11.9 Å². The molecule has 1 fully saturated rings. The molecule has 6 nitrogen and oxygen atoms in total. The van der Waals surface area contributed by atoms with Crippen molar-refractivity contribution in [2.75, 3.05) is 0 Å². The van der Waals surface area contributed by atoms with Gasteiger partial charge in [-0.25, -0.2) is 4.98 Å². The summed E-state index contributed by atoms with van der Waals surface area (Å²) in [4.78, 5) is 8.21. The first-order valence-corrected chi connectivity index (χ1v) is 6.01. The Balaban J connectivity index is 1.59. The maximum atomic E-state index is 5.42. The van der Waals surface area contributed by atoms with Gasteiger partial charge in [0.1, 0.15) is 6.33 Å². The summed E-state index contributed by atoms with van der Waals surface area (Å²) < 4.78 is 7.00. The molecule has 0 unspecified atom stereocenters.